The van der Waals surface area contributed by atoms with Crippen molar-refractivity contribution in [1.29, 1.82) is 0 Å². The van der Waals surface area contributed by atoms with E-state index in [1.165, 1.54) is 0 Å². The molecule has 110 valence electrons. The van der Waals surface area contributed by atoms with Crippen molar-refractivity contribution in [3.05, 3.63) is 40.3 Å². The molecule has 5 heteroatoms. The Morgan fingerprint density at radius 1 is 1.14 bits per heavy atom. The molecule has 0 saturated carbocycles. The van der Waals surface area contributed by atoms with Crippen LogP contribution in [0.4, 0.5) is 0 Å². The molecule has 0 aliphatic rings. The monoisotopic (exact) mass is 285 g/mol. The van der Waals surface area contributed by atoms with Crippen molar-refractivity contribution in [3.63, 3.8) is 0 Å². The largest absolute Gasteiger partial charge is 0.481 e. The van der Waals surface area contributed by atoms with E-state index >= 15 is 0 Å². The Hall–Kier alpha value is -2.30. The Labute approximate surface area is 124 Å². The van der Waals surface area contributed by atoms with Gasteiger partial charge in [0.1, 0.15) is 5.69 Å². The van der Waals surface area contributed by atoms with Crippen molar-refractivity contribution in [2.24, 2.45) is 0 Å². The molecule has 0 radical (unpaired) electrons. The van der Waals surface area contributed by atoms with Crippen molar-refractivity contribution in [2.45, 2.75) is 40.5 Å². The number of hydrogen-bond donors (Lipinski definition) is 1. The van der Waals surface area contributed by atoms with E-state index in [4.69, 9.17) is 5.11 Å². The fourth-order valence-corrected chi connectivity index (χ4v) is 2.39. The van der Waals surface area contributed by atoms with Gasteiger partial charge < -0.3 is 5.11 Å². The topological polar surface area (TPSA) is 76.0 Å². The lowest BCUT2D eigenvalue weighted by Gasteiger charge is -2.11. The standard InChI is InChI=1S/C16H19N3O2/c1-9-7-10(2)15(17-8-9)16-18-11(3)13(12(4)19-16)5-6-14(20)21/h7-8H,5-6H2,1-4H3,(H,20,21). The van der Waals surface area contributed by atoms with Gasteiger partial charge in [0, 0.05) is 24.0 Å². The highest BCUT2D eigenvalue weighted by Crippen LogP contribution is 2.21. The Kier molecular flexibility index (Phi) is 4.31. The van der Waals surface area contributed by atoms with Crippen molar-refractivity contribution >= 4 is 5.97 Å². The second-order valence-corrected chi connectivity index (χ2v) is 5.27. The van der Waals surface area contributed by atoms with Crippen LogP contribution >= 0.6 is 0 Å². The van der Waals surface area contributed by atoms with Crippen LogP contribution in [0.2, 0.25) is 0 Å². The minimum atomic E-state index is -0.811. The molecule has 0 spiro atoms. The fourth-order valence-electron chi connectivity index (χ4n) is 2.39. The molecular formula is C16H19N3O2. The minimum Gasteiger partial charge on any atom is -0.481 e. The molecule has 21 heavy (non-hydrogen) atoms. The van der Waals surface area contributed by atoms with Crippen LogP contribution in [0.3, 0.4) is 0 Å². The lowest BCUT2D eigenvalue weighted by Crippen LogP contribution is -2.07. The first kappa shape index (κ1) is 15.1. The molecule has 2 aromatic rings. The molecule has 0 saturated heterocycles. The van der Waals surface area contributed by atoms with E-state index in [-0.39, 0.29) is 6.42 Å². The predicted octanol–water partition coefficient (Wildman–Crippen LogP) is 2.79. The van der Waals surface area contributed by atoms with Crippen molar-refractivity contribution in [1.82, 2.24) is 15.0 Å². The summed E-state index contributed by atoms with van der Waals surface area (Å²) in [6.07, 6.45) is 2.34. The fraction of sp³-hybridized carbons (Fsp3) is 0.375. The van der Waals surface area contributed by atoms with Gasteiger partial charge in [0.2, 0.25) is 0 Å². The highest BCUT2D eigenvalue weighted by molar-refractivity contribution is 5.67. The molecule has 2 rings (SSSR count). The number of aryl methyl sites for hydroxylation is 4. The second kappa shape index (κ2) is 5.99. The number of carboxylic acids is 1. The van der Waals surface area contributed by atoms with E-state index in [9.17, 15) is 4.79 Å². The van der Waals surface area contributed by atoms with Gasteiger partial charge in [-0.1, -0.05) is 6.07 Å². The number of aliphatic carboxylic acids is 1. The van der Waals surface area contributed by atoms with E-state index in [0.29, 0.717) is 12.2 Å². The quantitative estimate of drug-likeness (QED) is 0.934. The van der Waals surface area contributed by atoms with E-state index in [2.05, 4.69) is 21.0 Å². The summed E-state index contributed by atoms with van der Waals surface area (Å²) >= 11 is 0. The number of pyridine rings is 1. The Bertz CT molecular complexity index is 673. The van der Waals surface area contributed by atoms with Gasteiger partial charge in [-0.05, 0) is 50.8 Å². The van der Waals surface area contributed by atoms with Gasteiger partial charge in [0.25, 0.3) is 0 Å². The maximum atomic E-state index is 10.7. The van der Waals surface area contributed by atoms with Gasteiger partial charge in [-0.15, -0.1) is 0 Å². The predicted molar refractivity (Wildman–Crippen MR) is 80.2 cm³/mol. The van der Waals surface area contributed by atoms with Crippen LogP contribution in [0, 0.1) is 27.7 Å². The third-order valence-corrected chi connectivity index (χ3v) is 3.44. The first-order valence-electron chi connectivity index (χ1n) is 6.88. The second-order valence-electron chi connectivity index (χ2n) is 5.27. The van der Waals surface area contributed by atoms with Crippen LogP contribution in [0.1, 0.15) is 34.5 Å². The van der Waals surface area contributed by atoms with Gasteiger partial charge >= 0.3 is 5.97 Å². The van der Waals surface area contributed by atoms with Crippen LogP contribution in [0.5, 0.6) is 0 Å². The summed E-state index contributed by atoms with van der Waals surface area (Å²) in [5, 5.41) is 8.80. The van der Waals surface area contributed by atoms with E-state index in [1.807, 2.05) is 27.7 Å². The Morgan fingerprint density at radius 3 is 2.29 bits per heavy atom. The van der Waals surface area contributed by atoms with Crippen LogP contribution in [0.15, 0.2) is 12.3 Å². The lowest BCUT2D eigenvalue weighted by atomic mass is 10.1. The summed E-state index contributed by atoms with van der Waals surface area (Å²) in [7, 11) is 0. The minimum absolute atomic E-state index is 0.0895. The lowest BCUT2D eigenvalue weighted by molar-refractivity contribution is -0.136. The zero-order valence-corrected chi connectivity index (χ0v) is 12.8. The average molecular weight is 285 g/mol. The van der Waals surface area contributed by atoms with Crippen molar-refractivity contribution in [2.75, 3.05) is 0 Å². The molecular weight excluding hydrogens is 266 g/mol. The maximum absolute atomic E-state index is 10.7. The molecule has 0 unspecified atom stereocenters. The normalized spacial score (nSPS) is 10.7. The Balaban J connectivity index is 2.41. The molecule has 2 aromatic heterocycles. The van der Waals surface area contributed by atoms with Crippen LogP contribution in [-0.4, -0.2) is 26.0 Å². The summed E-state index contributed by atoms with van der Waals surface area (Å²) in [5.41, 5.74) is 5.46. The van der Waals surface area contributed by atoms with Gasteiger partial charge in [-0.2, -0.15) is 0 Å². The summed E-state index contributed by atoms with van der Waals surface area (Å²) in [6, 6.07) is 2.05. The number of nitrogens with zero attached hydrogens (tertiary/aromatic N) is 3. The number of hydrogen-bond acceptors (Lipinski definition) is 4. The van der Waals surface area contributed by atoms with Crippen LogP contribution in [-0.2, 0) is 11.2 Å². The van der Waals surface area contributed by atoms with Gasteiger partial charge in [-0.3, -0.25) is 9.78 Å². The highest BCUT2D eigenvalue weighted by atomic mass is 16.4. The smallest absolute Gasteiger partial charge is 0.303 e. The Morgan fingerprint density at radius 2 is 1.76 bits per heavy atom. The molecule has 0 bridgehead atoms. The molecule has 0 aliphatic carbocycles. The van der Waals surface area contributed by atoms with E-state index in [0.717, 1.165) is 33.8 Å². The molecule has 0 aliphatic heterocycles. The van der Waals surface area contributed by atoms with Crippen molar-refractivity contribution < 1.29 is 9.90 Å². The zero-order valence-electron chi connectivity index (χ0n) is 12.8. The highest BCUT2D eigenvalue weighted by Gasteiger charge is 2.13. The van der Waals surface area contributed by atoms with Crippen LogP contribution in [0.25, 0.3) is 11.5 Å². The number of carboxylic acid groups (broad SMARTS) is 1. The van der Waals surface area contributed by atoms with Crippen LogP contribution < -0.4 is 0 Å². The number of rotatable bonds is 4. The van der Waals surface area contributed by atoms with Crippen molar-refractivity contribution in [3.8, 4) is 11.5 Å². The zero-order chi connectivity index (χ0) is 15.6. The third-order valence-electron chi connectivity index (χ3n) is 3.44. The molecule has 1 N–H and O–H groups in total. The van der Waals surface area contributed by atoms with E-state index in [1.54, 1.807) is 6.20 Å². The third kappa shape index (κ3) is 3.42. The summed E-state index contributed by atoms with van der Waals surface area (Å²) in [5.74, 6) is -0.213. The molecule has 5 nitrogen and oxygen atoms in total. The summed E-state index contributed by atoms with van der Waals surface area (Å²) in [6.45, 7) is 7.76. The molecule has 0 atom stereocenters. The van der Waals surface area contributed by atoms with E-state index < -0.39 is 5.97 Å². The molecule has 0 fully saturated rings. The van der Waals surface area contributed by atoms with Gasteiger partial charge in [0.05, 0.1) is 0 Å². The first-order chi connectivity index (χ1) is 9.88. The average Bonchev–Trinajstić information content (AvgIpc) is 2.37. The number of carbonyl (C=O) groups is 1. The molecule has 2 heterocycles. The summed E-state index contributed by atoms with van der Waals surface area (Å²) < 4.78 is 0. The SMILES string of the molecule is Cc1cnc(-c2nc(C)c(CCC(=O)O)c(C)n2)c(C)c1. The van der Waals surface area contributed by atoms with Gasteiger partial charge in [0.15, 0.2) is 5.82 Å². The molecule has 0 amide bonds. The first-order valence-corrected chi connectivity index (χ1v) is 6.88. The summed E-state index contributed by atoms with van der Waals surface area (Å²) in [4.78, 5) is 24.1. The molecule has 0 aromatic carbocycles. The maximum Gasteiger partial charge on any atom is 0.303 e. The number of aromatic nitrogens is 3. The van der Waals surface area contributed by atoms with Gasteiger partial charge in [-0.25, -0.2) is 9.97 Å².